The molecule has 0 unspecified atom stereocenters. The molecule has 5 aromatic rings. The number of methoxy groups -OCH3 is 2. The molecule has 0 aliphatic heterocycles. The zero-order valence-electron chi connectivity index (χ0n) is 18.5. The van der Waals surface area contributed by atoms with E-state index >= 15 is 0 Å². The first-order chi connectivity index (χ1) is 16.7. The number of nitrogens with one attached hydrogen (secondary N) is 1. The van der Waals surface area contributed by atoms with Crippen molar-refractivity contribution < 1.29 is 14.3 Å². The third-order valence-electron chi connectivity index (χ3n) is 5.23. The molecule has 9 nitrogen and oxygen atoms in total. The lowest BCUT2D eigenvalue weighted by Crippen LogP contribution is -2.14. The second-order valence-electron chi connectivity index (χ2n) is 7.30. The first kappa shape index (κ1) is 21.1. The van der Waals surface area contributed by atoms with Crippen molar-refractivity contribution in [3.8, 4) is 34.3 Å². The van der Waals surface area contributed by atoms with Crippen LogP contribution in [0.1, 0.15) is 10.4 Å². The summed E-state index contributed by atoms with van der Waals surface area (Å²) in [6.45, 7) is 0. The second-order valence-corrected chi connectivity index (χ2v) is 7.30. The van der Waals surface area contributed by atoms with E-state index in [1.807, 2.05) is 48.5 Å². The van der Waals surface area contributed by atoms with Crippen molar-refractivity contribution in [2.75, 3.05) is 19.5 Å². The van der Waals surface area contributed by atoms with E-state index in [0.717, 1.165) is 5.56 Å². The Morgan fingerprint density at radius 2 is 1.65 bits per heavy atom. The SMILES string of the molecule is COc1cccc(OC)c1C(=O)Nc1cccc(-c2ccc3nnc(-c4ccccn4)n3n2)c1. The van der Waals surface area contributed by atoms with Crippen LogP contribution >= 0.6 is 0 Å². The molecule has 168 valence electrons. The van der Waals surface area contributed by atoms with Crippen LogP contribution < -0.4 is 14.8 Å². The highest BCUT2D eigenvalue weighted by Gasteiger charge is 2.19. The zero-order chi connectivity index (χ0) is 23.5. The second kappa shape index (κ2) is 8.99. The monoisotopic (exact) mass is 452 g/mol. The molecule has 3 heterocycles. The number of ether oxygens (including phenoxy) is 2. The molecule has 1 N–H and O–H groups in total. The van der Waals surface area contributed by atoms with Gasteiger partial charge in [0.25, 0.3) is 5.91 Å². The Bertz CT molecular complexity index is 1460. The molecule has 0 bridgehead atoms. The van der Waals surface area contributed by atoms with Gasteiger partial charge in [-0.2, -0.15) is 9.61 Å². The predicted molar refractivity (Wildman–Crippen MR) is 127 cm³/mol. The molecule has 0 aliphatic carbocycles. The minimum absolute atomic E-state index is 0.321. The minimum atomic E-state index is -0.342. The van der Waals surface area contributed by atoms with Gasteiger partial charge in [-0.25, -0.2) is 0 Å². The van der Waals surface area contributed by atoms with Gasteiger partial charge >= 0.3 is 0 Å². The number of benzene rings is 2. The number of carbonyl (C=O) groups excluding carboxylic acids is 1. The van der Waals surface area contributed by atoms with Gasteiger partial charge in [0.1, 0.15) is 22.8 Å². The van der Waals surface area contributed by atoms with E-state index in [-0.39, 0.29) is 5.91 Å². The lowest BCUT2D eigenvalue weighted by Gasteiger charge is -2.13. The fourth-order valence-electron chi connectivity index (χ4n) is 3.62. The molecule has 5 rings (SSSR count). The van der Waals surface area contributed by atoms with Crippen LogP contribution in [-0.4, -0.2) is 44.9 Å². The van der Waals surface area contributed by atoms with E-state index in [9.17, 15) is 4.79 Å². The Kier molecular flexibility index (Phi) is 5.57. The van der Waals surface area contributed by atoms with E-state index in [1.54, 1.807) is 35.0 Å². The Balaban J connectivity index is 1.48. The maximum Gasteiger partial charge on any atom is 0.263 e. The summed E-state index contributed by atoms with van der Waals surface area (Å²) in [5, 5.41) is 16.0. The molecular weight excluding hydrogens is 432 g/mol. The smallest absolute Gasteiger partial charge is 0.263 e. The fraction of sp³-hybridized carbons (Fsp3) is 0.0800. The molecule has 0 saturated heterocycles. The molecule has 2 aromatic carbocycles. The number of aromatic nitrogens is 5. The number of rotatable bonds is 6. The standard InChI is InChI=1S/C25H20N6O3/c1-33-20-10-6-11-21(34-2)23(20)25(32)27-17-8-5-7-16(15-17)18-12-13-22-28-29-24(31(22)30-18)19-9-3-4-14-26-19/h3-15H,1-2H3,(H,27,32). The summed E-state index contributed by atoms with van der Waals surface area (Å²) >= 11 is 0. The van der Waals surface area contributed by atoms with Crippen LogP contribution in [0, 0.1) is 0 Å². The number of hydrogen-bond donors (Lipinski definition) is 1. The van der Waals surface area contributed by atoms with Gasteiger partial charge in [0, 0.05) is 17.4 Å². The first-order valence-corrected chi connectivity index (χ1v) is 10.4. The van der Waals surface area contributed by atoms with Gasteiger partial charge in [-0.1, -0.05) is 24.3 Å². The van der Waals surface area contributed by atoms with Gasteiger partial charge in [-0.05, 0) is 48.5 Å². The van der Waals surface area contributed by atoms with Crippen molar-refractivity contribution in [1.29, 1.82) is 0 Å². The van der Waals surface area contributed by atoms with Crippen LogP contribution in [0.2, 0.25) is 0 Å². The van der Waals surface area contributed by atoms with Crippen molar-refractivity contribution in [1.82, 2.24) is 24.8 Å². The Labute approximate surface area is 195 Å². The minimum Gasteiger partial charge on any atom is -0.496 e. The number of amides is 1. The summed E-state index contributed by atoms with van der Waals surface area (Å²) in [5.74, 6) is 1.06. The van der Waals surface area contributed by atoms with Gasteiger partial charge in [0.15, 0.2) is 5.65 Å². The maximum atomic E-state index is 13.0. The zero-order valence-corrected chi connectivity index (χ0v) is 18.5. The normalized spacial score (nSPS) is 10.8. The van der Waals surface area contributed by atoms with Gasteiger partial charge in [0.05, 0.1) is 19.9 Å². The third-order valence-corrected chi connectivity index (χ3v) is 5.23. The molecule has 0 atom stereocenters. The van der Waals surface area contributed by atoms with Gasteiger partial charge in [-0.3, -0.25) is 9.78 Å². The topological polar surface area (TPSA) is 104 Å². The average molecular weight is 452 g/mol. The highest BCUT2D eigenvalue weighted by atomic mass is 16.5. The van der Waals surface area contributed by atoms with Gasteiger partial charge in [0.2, 0.25) is 5.82 Å². The summed E-state index contributed by atoms with van der Waals surface area (Å²) in [4.78, 5) is 17.4. The molecule has 0 saturated carbocycles. The molecular formula is C25H20N6O3. The fourth-order valence-corrected chi connectivity index (χ4v) is 3.62. The van der Waals surface area contributed by atoms with Crippen molar-refractivity contribution in [2.45, 2.75) is 0 Å². The molecule has 3 aromatic heterocycles. The van der Waals surface area contributed by atoms with Crippen LogP contribution in [0.25, 0.3) is 28.4 Å². The number of hydrogen-bond acceptors (Lipinski definition) is 7. The number of anilines is 1. The molecule has 0 aliphatic rings. The summed E-state index contributed by atoms with van der Waals surface area (Å²) in [7, 11) is 3.02. The average Bonchev–Trinajstić information content (AvgIpc) is 3.32. The highest BCUT2D eigenvalue weighted by molar-refractivity contribution is 6.08. The lowest BCUT2D eigenvalue weighted by atomic mass is 10.1. The molecule has 0 radical (unpaired) electrons. The van der Waals surface area contributed by atoms with Crippen molar-refractivity contribution in [2.24, 2.45) is 0 Å². The summed E-state index contributed by atoms with van der Waals surface area (Å²) in [6, 6.07) is 21.9. The molecule has 0 fully saturated rings. The summed E-state index contributed by atoms with van der Waals surface area (Å²) < 4.78 is 12.4. The van der Waals surface area contributed by atoms with Crippen molar-refractivity contribution >= 4 is 17.2 Å². The largest absolute Gasteiger partial charge is 0.496 e. The van der Waals surface area contributed by atoms with E-state index < -0.39 is 0 Å². The van der Waals surface area contributed by atoms with E-state index in [1.165, 1.54) is 14.2 Å². The van der Waals surface area contributed by atoms with Gasteiger partial charge in [-0.15, -0.1) is 10.2 Å². The van der Waals surface area contributed by atoms with Crippen LogP contribution in [0.3, 0.4) is 0 Å². The number of fused-ring (bicyclic) bond motifs is 1. The Morgan fingerprint density at radius 1 is 0.853 bits per heavy atom. The van der Waals surface area contributed by atoms with Crippen LogP contribution in [0.4, 0.5) is 5.69 Å². The Hall–Kier alpha value is -4.79. The van der Waals surface area contributed by atoms with E-state index in [4.69, 9.17) is 14.6 Å². The lowest BCUT2D eigenvalue weighted by molar-refractivity contribution is 0.102. The van der Waals surface area contributed by atoms with Gasteiger partial charge < -0.3 is 14.8 Å². The molecule has 34 heavy (non-hydrogen) atoms. The van der Waals surface area contributed by atoms with E-state index in [0.29, 0.717) is 45.6 Å². The van der Waals surface area contributed by atoms with Crippen molar-refractivity contribution in [3.05, 3.63) is 84.6 Å². The quantitative estimate of drug-likeness (QED) is 0.413. The Morgan fingerprint density at radius 3 is 2.38 bits per heavy atom. The van der Waals surface area contributed by atoms with Crippen LogP contribution in [0.15, 0.2) is 79.0 Å². The number of nitrogens with zero attached hydrogens (tertiary/aromatic N) is 5. The summed E-state index contributed by atoms with van der Waals surface area (Å²) in [6.07, 6.45) is 1.70. The third kappa shape index (κ3) is 3.90. The van der Waals surface area contributed by atoms with Crippen LogP contribution in [-0.2, 0) is 0 Å². The molecule has 0 spiro atoms. The molecule has 1 amide bonds. The van der Waals surface area contributed by atoms with E-state index in [2.05, 4.69) is 20.5 Å². The predicted octanol–water partition coefficient (Wildman–Crippen LogP) is 4.12. The number of pyridine rings is 1. The number of carbonyl (C=O) groups is 1. The molecule has 9 heteroatoms. The summed E-state index contributed by atoms with van der Waals surface area (Å²) in [5.41, 5.74) is 3.71. The highest BCUT2D eigenvalue weighted by Crippen LogP contribution is 2.30. The maximum absolute atomic E-state index is 13.0. The first-order valence-electron chi connectivity index (χ1n) is 10.4. The van der Waals surface area contributed by atoms with Crippen molar-refractivity contribution in [3.63, 3.8) is 0 Å². The van der Waals surface area contributed by atoms with Crippen LogP contribution in [0.5, 0.6) is 11.5 Å².